The molecule has 3 aromatic rings. The van der Waals surface area contributed by atoms with Gasteiger partial charge in [0.1, 0.15) is 12.3 Å². The maximum atomic E-state index is 12.1. The Balaban J connectivity index is 1.76. The molecule has 0 aliphatic heterocycles. The molecule has 0 aliphatic rings. The summed E-state index contributed by atoms with van der Waals surface area (Å²) in [5.74, 6) is -0.704. The summed E-state index contributed by atoms with van der Waals surface area (Å²) in [5.41, 5.74) is 1.45. The Morgan fingerprint density at radius 3 is 2.73 bits per heavy atom. The third-order valence-corrected chi connectivity index (χ3v) is 4.99. The lowest BCUT2D eigenvalue weighted by Crippen LogP contribution is -2.22. The van der Waals surface area contributed by atoms with Crippen LogP contribution in [0, 0.1) is 0 Å². The first-order valence-electron chi connectivity index (χ1n) is 7.46. The van der Waals surface area contributed by atoms with Crippen LogP contribution < -0.4 is 4.90 Å². The van der Waals surface area contributed by atoms with Gasteiger partial charge in [0.25, 0.3) is 0 Å². The number of anilines is 2. The number of hydrogen-bond acceptors (Lipinski definition) is 5. The van der Waals surface area contributed by atoms with Crippen molar-refractivity contribution >= 4 is 57.2 Å². The van der Waals surface area contributed by atoms with Gasteiger partial charge in [-0.2, -0.15) is 0 Å². The number of hydrogen-bond donors (Lipinski definition) is 1. The maximum absolute atomic E-state index is 12.1. The van der Waals surface area contributed by atoms with E-state index in [0.717, 1.165) is 0 Å². The van der Waals surface area contributed by atoms with Crippen molar-refractivity contribution in [3.8, 4) is 0 Å². The Labute approximate surface area is 163 Å². The number of nitrogens with one attached hydrogen (secondary N) is 1. The molecule has 6 nitrogen and oxygen atoms in total. The number of nitrogens with zero attached hydrogens (tertiary/aromatic N) is 2. The Morgan fingerprint density at radius 1 is 1.27 bits per heavy atom. The molecule has 9 heteroatoms. The van der Waals surface area contributed by atoms with Crippen LogP contribution in [0.5, 0.6) is 0 Å². The summed E-state index contributed by atoms with van der Waals surface area (Å²) in [6.07, 6.45) is 1.64. The summed E-state index contributed by atoms with van der Waals surface area (Å²) in [6, 6.07) is 8.22. The van der Waals surface area contributed by atoms with Gasteiger partial charge in [0.05, 0.1) is 21.4 Å². The van der Waals surface area contributed by atoms with Crippen LogP contribution in [0.4, 0.5) is 10.8 Å². The zero-order valence-electron chi connectivity index (χ0n) is 13.5. The normalized spacial score (nSPS) is 10.6. The molecule has 2 heterocycles. The van der Waals surface area contributed by atoms with Crippen LogP contribution in [-0.4, -0.2) is 21.8 Å². The Kier molecular flexibility index (Phi) is 5.61. The largest absolute Gasteiger partial charge is 0.454 e. The van der Waals surface area contributed by atoms with Gasteiger partial charge in [0.2, 0.25) is 5.91 Å². The number of amides is 1. The second-order valence-corrected chi connectivity index (χ2v) is 6.89. The average Bonchev–Trinajstić information content (AvgIpc) is 3.28. The molecule has 0 radical (unpaired) electrons. The number of benzene rings is 1. The second kappa shape index (κ2) is 7.90. The summed E-state index contributed by atoms with van der Waals surface area (Å²) in [7, 11) is 0. The molecule has 0 spiro atoms. The van der Waals surface area contributed by atoms with Crippen LogP contribution >= 0.6 is 34.5 Å². The van der Waals surface area contributed by atoms with E-state index in [2.05, 4.69) is 9.97 Å². The fraction of sp³-hybridized carbons (Fsp3) is 0.118. The molecule has 1 amide bonds. The Hall–Kier alpha value is -2.35. The minimum atomic E-state index is -0.475. The van der Waals surface area contributed by atoms with E-state index < -0.39 is 5.97 Å². The fourth-order valence-corrected chi connectivity index (χ4v) is 3.35. The predicted octanol–water partition coefficient (Wildman–Crippen LogP) is 4.82. The molecular weight excluding hydrogens is 397 g/mol. The van der Waals surface area contributed by atoms with E-state index >= 15 is 0 Å². The first kappa shape index (κ1) is 18.4. The summed E-state index contributed by atoms with van der Waals surface area (Å²) >= 11 is 13.2. The second-order valence-electron chi connectivity index (χ2n) is 5.23. The molecule has 0 saturated carbocycles. The molecule has 26 heavy (non-hydrogen) atoms. The average molecular weight is 410 g/mol. The number of carbonyl (C=O) groups excluding carboxylic acids is 2. The predicted molar refractivity (Wildman–Crippen MR) is 101 cm³/mol. The van der Waals surface area contributed by atoms with Crippen LogP contribution in [-0.2, 0) is 16.1 Å². The van der Waals surface area contributed by atoms with Crippen molar-refractivity contribution in [2.75, 3.05) is 4.90 Å². The van der Waals surface area contributed by atoms with E-state index in [1.54, 1.807) is 41.9 Å². The quantitative estimate of drug-likeness (QED) is 0.612. The third kappa shape index (κ3) is 4.07. The molecule has 0 saturated heterocycles. The van der Waals surface area contributed by atoms with Crippen molar-refractivity contribution in [1.29, 1.82) is 0 Å². The number of rotatable bonds is 5. The molecule has 0 bridgehead atoms. The van der Waals surface area contributed by atoms with Crippen LogP contribution in [0.2, 0.25) is 10.0 Å². The topological polar surface area (TPSA) is 75.3 Å². The van der Waals surface area contributed by atoms with E-state index in [1.807, 2.05) is 0 Å². The molecular formula is C17H13Cl2N3O3S. The van der Waals surface area contributed by atoms with E-state index in [4.69, 9.17) is 27.9 Å². The minimum Gasteiger partial charge on any atom is -0.454 e. The molecule has 1 aromatic carbocycles. The number of aromatic amines is 1. The van der Waals surface area contributed by atoms with Crippen molar-refractivity contribution in [2.45, 2.75) is 13.5 Å². The molecule has 1 N–H and O–H groups in total. The Morgan fingerprint density at radius 2 is 2.08 bits per heavy atom. The van der Waals surface area contributed by atoms with Crippen molar-refractivity contribution in [3.05, 3.63) is 63.3 Å². The van der Waals surface area contributed by atoms with Gasteiger partial charge < -0.3 is 9.72 Å². The third-order valence-electron chi connectivity index (χ3n) is 3.38. The lowest BCUT2D eigenvalue weighted by Gasteiger charge is -2.18. The highest BCUT2D eigenvalue weighted by molar-refractivity contribution is 7.14. The first-order chi connectivity index (χ1) is 12.5. The number of esters is 1. The zero-order valence-corrected chi connectivity index (χ0v) is 15.9. The van der Waals surface area contributed by atoms with Gasteiger partial charge >= 0.3 is 5.97 Å². The van der Waals surface area contributed by atoms with Crippen molar-refractivity contribution < 1.29 is 14.3 Å². The number of aromatic nitrogens is 2. The van der Waals surface area contributed by atoms with E-state index in [-0.39, 0.29) is 12.5 Å². The van der Waals surface area contributed by atoms with E-state index in [0.29, 0.717) is 32.3 Å². The van der Waals surface area contributed by atoms with Crippen LogP contribution in [0.3, 0.4) is 0 Å². The number of carbonyl (C=O) groups is 2. The van der Waals surface area contributed by atoms with E-state index in [1.165, 1.54) is 23.2 Å². The number of halogens is 2. The number of H-pyrrole nitrogens is 1. The highest BCUT2D eigenvalue weighted by Crippen LogP contribution is 2.33. The summed E-state index contributed by atoms with van der Waals surface area (Å²) in [4.78, 5) is 32.5. The molecule has 134 valence electrons. The zero-order chi connectivity index (χ0) is 18.7. The van der Waals surface area contributed by atoms with Gasteiger partial charge in [-0.25, -0.2) is 9.78 Å². The van der Waals surface area contributed by atoms with E-state index in [9.17, 15) is 9.59 Å². The molecule has 0 aliphatic carbocycles. The molecule has 0 fully saturated rings. The summed E-state index contributed by atoms with van der Waals surface area (Å²) in [6.45, 7) is 1.43. The van der Waals surface area contributed by atoms with Crippen LogP contribution in [0.15, 0.2) is 41.9 Å². The number of ether oxygens (including phenoxy) is 1. The molecule has 0 atom stereocenters. The van der Waals surface area contributed by atoms with Gasteiger partial charge in [-0.1, -0.05) is 23.2 Å². The smallest absolute Gasteiger partial charge is 0.355 e. The first-order valence-corrected chi connectivity index (χ1v) is 9.10. The lowest BCUT2D eigenvalue weighted by molar-refractivity contribution is -0.115. The van der Waals surface area contributed by atoms with Gasteiger partial charge in [0, 0.05) is 18.5 Å². The highest BCUT2D eigenvalue weighted by atomic mass is 35.5. The maximum Gasteiger partial charge on any atom is 0.355 e. The lowest BCUT2D eigenvalue weighted by atomic mass is 10.3. The Bertz CT molecular complexity index is 941. The van der Waals surface area contributed by atoms with Crippen LogP contribution in [0.1, 0.15) is 23.1 Å². The summed E-state index contributed by atoms with van der Waals surface area (Å²) in [5, 5.41) is 2.91. The molecule has 2 aromatic heterocycles. The van der Waals surface area contributed by atoms with Crippen molar-refractivity contribution in [1.82, 2.24) is 9.97 Å². The van der Waals surface area contributed by atoms with Gasteiger partial charge in [-0.15, -0.1) is 11.3 Å². The monoisotopic (exact) mass is 409 g/mol. The SMILES string of the molecule is CC(=O)N(c1ccc(Cl)c(Cl)c1)c1nc(COC(=O)c2ccc[nH]2)cs1. The number of thiazole rings is 1. The highest BCUT2D eigenvalue weighted by Gasteiger charge is 2.19. The summed E-state index contributed by atoms with van der Waals surface area (Å²) < 4.78 is 5.20. The van der Waals surface area contributed by atoms with Crippen LogP contribution in [0.25, 0.3) is 0 Å². The van der Waals surface area contributed by atoms with Gasteiger partial charge in [0.15, 0.2) is 5.13 Å². The fourth-order valence-electron chi connectivity index (χ4n) is 2.19. The van der Waals surface area contributed by atoms with Gasteiger partial charge in [-0.05, 0) is 30.3 Å². The van der Waals surface area contributed by atoms with Crippen molar-refractivity contribution in [2.24, 2.45) is 0 Å². The van der Waals surface area contributed by atoms with Gasteiger partial charge in [-0.3, -0.25) is 9.69 Å². The minimum absolute atomic E-state index is 0.00146. The standard InChI is InChI=1S/C17H13Cl2N3O3S/c1-10(23)22(12-4-5-13(18)14(19)7-12)17-21-11(9-26-17)8-25-16(24)15-3-2-6-20-15/h2-7,9,20H,8H2,1H3. The molecule has 0 unspecified atom stereocenters. The molecule has 3 rings (SSSR count). The van der Waals surface area contributed by atoms with Crippen molar-refractivity contribution in [3.63, 3.8) is 0 Å².